The van der Waals surface area contributed by atoms with Crippen LogP contribution >= 0.6 is 0 Å². The highest BCUT2D eigenvalue weighted by Crippen LogP contribution is 2.46. The number of fused-ring (bicyclic) bond motifs is 2. The minimum absolute atomic E-state index is 0.195. The van der Waals surface area contributed by atoms with Crippen molar-refractivity contribution in [2.45, 2.75) is 89.0 Å². The van der Waals surface area contributed by atoms with E-state index in [4.69, 9.17) is 20.8 Å². The van der Waals surface area contributed by atoms with Gasteiger partial charge >= 0.3 is 0 Å². The number of hydrogen-bond acceptors (Lipinski definition) is 12. The number of nitrogens with zero attached hydrogens (tertiary/aromatic N) is 10. The maximum atomic E-state index is 15.9. The normalized spacial score (nSPS) is 19.1. The summed E-state index contributed by atoms with van der Waals surface area (Å²) in [5.41, 5.74) is 16.2. The van der Waals surface area contributed by atoms with Gasteiger partial charge in [0.15, 0.2) is 5.65 Å². The molecule has 4 fully saturated rings. The third kappa shape index (κ3) is 9.48. The third-order valence-electron chi connectivity index (χ3n) is 16.2. The molecule has 382 valence electrons. The van der Waals surface area contributed by atoms with E-state index < -0.39 is 5.41 Å². The summed E-state index contributed by atoms with van der Waals surface area (Å²) in [5, 5.41) is 10.9. The number of benzene rings is 3. The molecule has 3 amide bonds. The summed E-state index contributed by atoms with van der Waals surface area (Å²) in [5.74, 6) is 7.39. The number of carbonyl (C=O) groups excluding carboxylic acids is 3. The van der Waals surface area contributed by atoms with Gasteiger partial charge in [0.05, 0.1) is 47.3 Å². The first-order valence-corrected chi connectivity index (χ1v) is 26.2. The summed E-state index contributed by atoms with van der Waals surface area (Å²) in [6.07, 6.45) is 11.1. The second-order valence-electron chi connectivity index (χ2n) is 20.7. The molecule has 4 aliphatic heterocycles. The zero-order valence-electron chi connectivity index (χ0n) is 42.1. The van der Waals surface area contributed by atoms with Gasteiger partial charge in [-0.15, -0.1) is 0 Å². The molecular formula is C58H60FN13O3. The van der Waals surface area contributed by atoms with Crippen LogP contribution in [0, 0.1) is 24.6 Å². The molecule has 8 heterocycles. The van der Waals surface area contributed by atoms with E-state index in [1.807, 2.05) is 54.1 Å². The van der Waals surface area contributed by atoms with Crippen molar-refractivity contribution in [3.05, 3.63) is 143 Å². The summed E-state index contributed by atoms with van der Waals surface area (Å²) >= 11 is 0. The number of piperidine rings is 2. The number of imide groups is 1. The topological polar surface area (TPSA) is 176 Å². The highest BCUT2D eigenvalue weighted by Gasteiger charge is 2.48. The quantitative estimate of drug-likeness (QED) is 0.0905. The number of aryl methyl sites for hydroxylation is 1. The van der Waals surface area contributed by atoms with Crippen molar-refractivity contribution in [1.82, 2.24) is 49.3 Å². The fraction of sp³-hybridized carbons (Fsp3) is 0.362. The Hall–Kier alpha value is -7.94. The number of carbonyl (C=O) groups is 3. The summed E-state index contributed by atoms with van der Waals surface area (Å²) in [4.78, 5) is 61.0. The summed E-state index contributed by atoms with van der Waals surface area (Å²) < 4.78 is 19.9. The Balaban J connectivity index is 0.610. The number of aromatic nitrogens is 6. The van der Waals surface area contributed by atoms with E-state index in [1.165, 1.54) is 11.1 Å². The maximum Gasteiger partial charge on any atom is 0.243 e. The number of imidazole rings is 1. The molecular weight excluding hydrogens is 946 g/mol. The second-order valence-corrected chi connectivity index (χ2v) is 20.7. The molecule has 3 saturated heterocycles. The molecule has 16 nitrogen and oxygen atoms in total. The molecule has 1 aliphatic carbocycles. The fourth-order valence-corrected chi connectivity index (χ4v) is 11.8. The fourth-order valence-electron chi connectivity index (χ4n) is 11.8. The number of halogens is 1. The van der Waals surface area contributed by atoms with E-state index in [0.717, 1.165) is 84.3 Å². The Kier molecular flexibility index (Phi) is 12.8. The number of likely N-dealkylation sites (tertiary alicyclic amines) is 1. The van der Waals surface area contributed by atoms with Crippen LogP contribution in [0.2, 0.25) is 0 Å². The number of piperazine rings is 1. The van der Waals surface area contributed by atoms with Gasteiger partial charge in [-0.2, -0.15) is 5.10 Å². The number of hydrogen-bond donors (Lipinski definition) is 3. The van der Waals surface area contributed by atoms with Crippen molar-refractivity contribution in [3.8, 4) is 28.8 Å². The molecule has 12 rings (SSSR count). The van der Waals surface area contributed by atoms with Crippen LogP contribution in [0.3, 0.4) is 0 Å². The standard InChI is InChI=1S/C58H60FN13O3/c1-38-64-50-14-13-48(41-18-23-61-53(60)31-41)65-55(50)72(38)45-12-15-51(47(59)32-45)68-29-27-67(28-30-68)24-3-5-39-8-10-43(11-9-39)58(21-4-22-58)57(75)69-25-19-44(20-26-69)71-35-40(34-63-71)33-62-49-7-2-6-42-36-70(37-46(42)49)52-16-17-54(73)66-56(52)74/h2,6-15,18,23,31-32,34-35,44,52,62H,4,16-17,19-22,24-30,33,36-37H2,1H3,(H2,60,61)(H,66,73,74). The molecule has 1 saturated carbocycles. The molecule has 4 N–H and O–H groups in total. The number of anilines is 3. The summed E-state index contributed by atoms with van der Waals surface area (Å²) in [6, 6.07) is 27.3. The lowest BCUT2D eigenvalue weighted by molar-refractivity contribution is -0.142. The number of nitrogen functional groups attached to an aromatic ring is 1. The molecule has 1 unspecified atom stereocenters. The number of nitrogens with two attached hydrogens (primary N) is 1. The van der Waals surface area contributed by atoms with E-state index in [2.05, 4.69) is 94.3 Å². The molecule has 1 atom stereocenters. The van der Waals surface area contributed by atoms with Gasteiger partial charge in [-0.25, -0.2) is 19.3 Å². The molecule has 5 aliphatic rings. The Morgan fingerprint density at radius 2 is 1.75 bits per heavy atom. The van der Waals surface area contributed by atoms with Gasteiger partial charge in [-0.1, -0.05) is 42.5 Å². The van der Waals surface area contributed by atoms with Crippen LogP contribution in [0.15, 0.2) is 104 Å². The summed E-state index contributed by atoms with van der Waals surface area (Å²) in [6.45, 7) is 8.78. The first-order valence-electron chi connectivity index (χ1n) is 26.2. The monoisotopic (exact) mass is 1010 g/mol. The molecule has 0 bridgehead atoms. The number of nitrogens with one attached hydrogen (secondary N) is 2. The van der Waals surface area contributed by atoms with E-state index in [-0.39, 0.29) is 35.6 Å². The minimum atomic E-state index is -0.482. The largest absolute Gasteiger partial charge is 0.384 e. The van der Waals surface area contributed by atoms with Gasteiger partial charge < -0.3 is 20.9 Å². The van der Waals surface area contributed by atoms with Gasteiger partial charge in [0.2, 0.25) is 17.7 Å². The highest BCUT2D eigenvalue weighted by atomic mass is 19.1. The number of amides is 3. The van der Waals surface area contributed by atoms with E-state index in [9.17, 15) is 14.4 Å². The SMILES string of the molecule is Cc1nc2ccc(-c3ccnc(N)c3)nc2n1-c1ccc(N2CCN(CC#Cc3ccc(C4(C(=O)N5CCC(n6cc(CNc7cccc8c7CN(C7CCC(=O)NC7=O)C8)cn6)CC5)CCC4)cc3)CC2)c(F)c1. The average Bonchev–Trinajstić information content (AvgIpc) is 4.16. The molecule has 0 radical (unpaired) electrons. The van der Waals surface area contributed by atoms with Crippen molar-refractivity contribution < 1.29 is 18.8 Å². The molecule has 7 aromatic rings. The van der Waals surface area contributed by atoms with Crippen LogP contribution in [0.5, 0.6) is 0 Å². The highest BCUT2D eigenvalue weighted by molar-refractivity contribution is 6.00. The Morgan fingerprint density at radius 3 is 2.51 bits per heavy atom. The van der Waals surface area contributed by atoms with Gasteiger partial charge in [0.25, 0.3) is 0 Å². The molecule has 0 spiro atoms. The van der Waals surface area contributed by atoms with Crippen LogP contribution in [0.25, 0.3) is 28.1 Å². The minimum Gasteiger partial charge on any atom is -0.384 e. The van der Waals surface area contributed by atoms with E-state index in [1.54, 1.807) is 18.3 Å². The smallest absolute Gasteiger partial charge is 0.243 e. The van der Waals surface area contributed by atoms with E-state index >= 15 is 4.39 Å². The van der Waals surface area contributed by atoms with Crippen LogP contribution < -0.4 is 21.3 Å². The predicted molar refractivity (Wildman–Crippen MR) is 285 cm³/mol. The van der Waals surface area contributed by atoms with Gasteiger partial charge in [-0.3, -0.25) is 38.7 Å². The molecule has 4 aromatic heterocycles. The van der Waals surface area contributed by atoms with Crippen LogP contribution in [0.1, 0.15) is 84.6 Å². The number of pyridine rings is 2. The van der Waals surface area contributed by atoms with E-state index in [0.29, 0.717) is 93.9 Å². The lowest BCUT2D eigenvalue weighted by Gasteiger charge is -2.45. The average molecular weight is 1010 g/mol. The van der Waals surface area contributed by atoms with Crippen molar-refractivity contribution in [2.75, 3.05) is 61.8 Å². The van der Waals surface area contributed by atoms with Crippen LogP contribution in [-0.4, -0.2) is 114 Å². The van der Waals surface area contributed by atoms with Crippen LogP contribution in [0.4, 0.5) is 21.6 Å². The Morgan fingerprint density at radius 1 is 0.920 bits per heavy atom. The zero-order valence-corrected chi connectivity index (χ0v) is 42.1. The second kappa shape index (κ2) is 20.1. The number of rotatable bonds is 11. The molecule has 75 heavy (non-hydrogen) atoms. The van der Waals surface area contributed by atoms with Crippen molar-refractivity contribution in [3.63, 3.8) is 0 Å². The molecule has 3 aromatic carbocycles. The van der Waals surface area contributed by atoms with Crippen molar-refractivity contribution in [2.24, 2.45) is 0 Å². The lowest BCUT2D eigenvalue weighted by atomic mass is 9.63. The van der Waals surface area contributed by atoms with Gasteiger partial charge in [-0.05, 0) is 110 Å². The molecule has 17 heteroatoms. The van der Waals surface area contributed by atoms with Crippen molar-refractivity contribution in [1.29, 1.82) is 0 Å². The summed E-state index contributed by atoms with van der Waals surface area (Å²) in [7, 11) is 0. The lowest BCUT2D eigenvalue weighted by Crippen LogP contribution is -2.53. The van der Waals surface area contributed by atoms with Gasteiger partial charge in [0, 0.05) is 106 Å². The first-order chi connectivity index (χ1) is 36.5. The van der Waals surface area contributed by atoms with Crippen molar-refractivity contribution >= 4 is 46.1 Å². The maximum absolute atomic E-state index is 15.9. The zero-order chi connectivity index (χ0) is 51.2. The first kappa shape index (κ1) is 48.0. The van der Waals surface area contributed by atoms with Gasteiger partial charge in [0.1, 0.15) is 23.0 Å². The third-order valence-corrected chi connectivity index (χ3v) is 16.2. The van der Waals surface area contributed by atoms with Crippen LogP contribution in [-0.2, 0) is 39.4 Å². The predicted octanol–water partition coefficient (Wildman–Crippen LogP) is 6.90. The Bertz CT molecular complexity index is 3390. The Labute approximate surface area is 435 Å².